The molecule has 3 aromatic carbocycles. The summed E-state index contributed by atoms with van der Waals surface area (Å²) in [6, 6.07) is 21.6. The van der Waals surface area contributed by atoms with Gasteiger partial charge in [-0.05, 0) is 53.6 Å². The number of carbonyl (C=O) groups excluding carboxylic acids is 1. The van der Waals surface area contributed by atoms with Crippen LogP contribution in [0.3, 0.4) is 0 Å². The van der Waals surface area contributed by atoms with Crippen molar-refractivity contribution in [3.05, 3.63) is 66.7 Å². The lowest BCUT2D eigenvalue weighted by atomic mass is 10.1. The van der Waals surface area contributed by atoms with Crippen molar-refractivity contribution in [3.8, 4) is 5.75 Å². The van der Waals surface area contributed by atoms with Gasteiger partial charge in [0.2, 0.25) is 5.91 Å². The fraction of sp³-hybridized carbons (Fsp3) is 0.190. The van der Waals surface area contributed by atoms with Crippen LogP contribution in [0, 0.1) is 0 Å². The molecule has 3 rings (SSSR count). The first-order valence-corrected chi connectivity index (χ1v) is 8.50. The molecule has 0 atom stereocenters. The van der Waals surface area contributed by atoms with E-state index < -0.39 is 0 Å². The summed E-state index contributed by atoms with van der Waals surface area (Å²) in [6.45, 7) is 2.98. The van der Waals surface area contributed by atoms with E-state index in [0.29, 0.717) is 6.61 Å². The van der Waals surface area contributed by atoms with Crippen molar-refractivity contribution in [3.63, 3.8) is 0 Å². The van der Waals surface area contributed by atoms with Crippen LogP contribution in [0.5, 0.6) is 5.75 Å². The predicted molar refractivity (Wildman–Crippen MR) is 103 cm³/mol. The third kappa shape index (κ3) is 4.73. The molecule has 4 nitrogen and oxygen atoms in total. The molecule has 0 spiro atoms. The molecular formula is C21H22N2O2. The Morgan fingerprint density at radius 1 is 0.920 bits per heavy atom. The number of fused-ring (bicyclic) bond motifs is 1. The Morgan fingerprint density at radius 2 is 1.64 bits per heavy atom. The van der Waals surface area contributed by atoms with Gasteiger partial charge in [-0.25, -0.2) is 0 Å². The van der Waals surface area contributed by atoms with Gasteiger partial charge in [0.25, 0.3) is 0 Å². The van der Waals surface area contributed by atoms with Gasteiger partial charge in [0.05, 0.1) is 13.2 Å². The van der Waals surface area contributed by atoms with E-state index in [2.05, 4.69) is 29.7 Å². The highest BCUT2D eigenvalue weighted by atomic mass is 16.5. The highest BCUT2D eigenvalue weighted by Gasteiger charge is 2.03. The molecule has 0 aliphatic carbocycles. The van der Waals surface area contributed by atoms with Gasteiger partial charge < -0.3 is 15.4 Å². The molecule has 0 fully saturated rings. The first-order chi connectivity index (χ1) is 12.2. The summed E-state index contributed by atoms with van der Waals surface area (Å²) in [4.78, 5) is 12.1. The number of ether oxygens (including phenoxy) is 1. The van der Waals surface area contributed by atoms with Crippen LogP contribution in [-0.2, 0) is 4.79 Å². The molecule has 0 aromatic heterocycles. The second-order valence-corrected chi connectivity index (χ2v) is 5.84. The summed E-state index contributed by atoms with van der Waals surface area (Å²) >= 11 is 0. The third-order valence-corrected chi connectivity index (χ3v) is 3.81. The molecule has 0 aliphatic rings. The van der Waals surface area contributed by atoms with Crippen molar-refractivity contribution in [2.24, 2.45) is 0 Å². The second-order valence-electron chi connectivity index (χ2n) is 5.84. The molecule has 25 heavy (non-hydrogen) atoms. The number of nitrogens with one attached hydrogen (secondary N) is 2. The maximum absolute atomic E-state index is 12.1. The van der Waals surface area contributed by atoms with Crippen LogP contribution in [0.2, 0.25) is 0 Å². The number of hydrogen-bond donors (Lipinski definition) is 2. The zero-order valence-electron chi connectivity index (χ0n) is 14.3. The molecule has 0 saturated carbocycles. The van der Waals surface area contributed by atoms with Gasteiger partial charge in [0.15, 0.2) is 0 Å². The van der Waals surface area contributed by atoms with E-state index in [4.69, 9.17) is 4.74 Å². The minimum absolute atomic E-state index is 0.0876. The Hall–Kier alpha value is -3.01. The molecule has 0 saturated heterocycles. The van der Waals surface area contributed by atoms with Crippen LogP contribution >= 0.6 is 0 Å². The Bertz CT molecular complexity index is 844. The predicted octanol–water partition coefficient (Wildman–Crippen LogP) is 4.68. The van der Waals surface area contributed by atoms with Crippen LogP contribution in [0.1, 0.15) is 13.3 Å². The summed E-state index contributed by atoms with van der Waals surface area (Å²) in [5, 5.41) is 8.37. The largest absolute Gasteiger partial charge is 0.494 e. The van der Waals surface area contributed by atoms with Crippen LogP contribution in [-0.4, -0.2) is 19.1 Å². The first-order valence-electron chi connectivity index (χ1n) is 8.50. The van der Waals surface area contributed by atoms with E-state index in [9.17, 15) is 4.79 Å². The van der Waals surface area contributed by atoms with Crippen molar-refractivity contribution in [1.29, 1.82) is 0 Å². The Balaban J connectivity index is 1.53. The topological polar surface area (TPSA) is 50.4 Å². The highest BCUT2D eigenvalue weighted by Crippen LogP contribution is 2.19. The third-order valence-electron chi connectivity index (χ3n) is 3.81. The van der Waals surface area contributed by atoms with Crippen molar-refractivity contribution in [2.45, 2.75) is 13.3 Å². The summed E-state index contributed by atoms with van der Waals surface area (Å²) < 4.78 is 5.53. The standard InChI is InChI=1S/C21H22N2O2/c1-2-13-25-20-11-9-18(10-12-20)23-21(24)15-22-19-8-7-16-5-3-4-6-17(16)14-19/h3-12,14,22H,2,13,15H2,1H3,(H,23,24). The average Bonchev–Trinajstić information content (AvgIpc) is 2.65. The molecule has 0 radical (unpaired) electrons. The molecular weight excluding hydrogens is 312 g/mol. The van der Waals surface area contributed by atoms with Crippen molar-refractivity contribution in [2.75, 3.05) is 23.8 Å². The van der Waals surface area contributed by atoms with E-state index in [1.165, 1.54) is 5.39 Å². The van der Waals surface area contributed by atoms with Gasteiger partial charge in [-0.1, -0.05) is 37.3 Å². The lowest BCUT2D eigenvalue weighted by Gasteiger charge is -2.10. The molecule has 3 aromatic rings. The van der Waals surface area contributed by atoms with Gasteiger partial charge in [-0.15, -0.1) is 0 Å². The Morgan fingerprint density at radius 3 is 2.40 bits per heavy atom. The molecule has 2 N–H and O–H groups in total. The minimum Gasteiger partial charge on any atom is -0.494 e. The van der Waals surface area contributed by atoms with E-state index >= 15 is 0 Å². The molecule has 0 bridgehead atoms. The fourth-order valence-corrected chi connectivity index (χ4v) is 2.54. The summed E-state index contributed by atoms with van der Waals surface area (Å²) in [5.41, 5.74) is 1.69. The second kappa shape index (κ2) is 8.20. The van der Waals surface area contributed by atoms with Crippen LogP contribution < -0.4 is 15.4 Å². The average molecular weight is 334 g/mol. The maximum Gasteiger partial charge on any atom is 0.243 e. The van der Waals surface area contributed by atoms with E-state index in [1.807, 2.05) is 54.6 Å². The summed E-state index contributed by atoms with van der Waals surface area (Å²) in [7, 11) is 0. The fourth-order valence-electron chi connectivity index (χ4n) is 2.54. The Kier molecular flexibility index (Phi) is 5.52. The Labute approximate surface area is 147 Å². The van der Waals surface area contributed by atoms with Crippen LogP contribution in [0.25, 0.3) is 10.8 Å². The zero-order chi connectivity index (χ0) is 17.5. The number of benzene rings is 3. The maximum atomic E-state index is 12.1. The van der Waals surface area contributed by atoms with Gasteiger partial charge in [0.1, 0.15) is 5.75 Å². The molecule has 128 valence electrons. The van der Waals surface area contributed by atoms with Crippen molar-refractivity contribution >= 4 is 28.1 Å². The van der Waals surface area contributed by atoms with Crippen molar-refractivity contribution in [1.82, 2.24) is 0 Å². The lowest BCUT2D eigenvalue weighted by molar-refractivity contribution is -0.114. The normalized spacial score (nSPS) is 10.4. The number of rotatable bonds is 7. The van der Waals surface area contributed by atoms with Gasteiger partial charge in [0, 0.05) is 11.4 Å². The first kappa shape index (κ1) is 16.8. The smallest absolute Gasteiger partial charge is 0.243 e. The van der Waals surface area contributed by atoms with E-state index in [1.54, 1.807) is 0 Å². The molecule has 0 aliphatic heterocycles. The summed E-state index contributed by atoms with van der Waals surface area (Å²) in [5.74, 6) is 0.726. The monoisotopic (exact) mass is 334 g/mol. The van der Waals surface area contributed by atoms with Crippen LogP contribution in [0.4, 0.5) is 11.4 Å². The molecule has 0 heterocycles. The van der Waals surface area contributed by atoms with Gasteiger partial charge in [-0.2, -0.15) is 0 Å². The zero-order valence-corrected chi connectivity index (χ0v) is 14.3. The molecule has 1 amide bonds. The lowest BCUT2D eigenvalue weighted by Crippen LogP contribution is -2.21. The van der Waals surface area contributed by atoms with Crippen molar-refractivity contribution < 1.29 is 9.53 Å². The number of amides is 1. The number of anilines is 2. The molecule has 4 heteroatoms. The molecule has 0 unspecified atom stereocenters. The quantitative estimate of drug-likeness (QED) is 0.659. The van der Waals surface area contributed by atoms with Gasteiger partial charge in [-0.3, -0.25) is 4.79 Å². The minimum atomic E-state index is -0.0876. The van der Waals surface area contributed by atoms with E-state index in [0.717, 1.165) is 28.9 Å². The number of carbonyl (C=O) groups is 1. The SMILES string of the molecule is CCCOc1ccc(NC(=O)CNc2ccc3ccccc3c2)cc1. The van der Waals surface area contributed by atoms with E-state index in [-0.39, 0.29) is 12.5 Å². The summed E-state index contributed by atoms with van der Waals surface area (Å²) in [6.07, 6.45) is 0.971. The van der Waals surface area contributed by atoms with Crippen LogP contribution in [0.15, 0.2) is 66.7 Å². The van der Waals surface area contributed by atoms with Gasteiger partial charge >= 0.3 is 0 Å². The number of hydrogen-bond acceptors (Lipinski definition) is 3. The highest BCUT2D eigenvalue weighted by molar-refractivity contribution is 5.94.